The molecule has 2 rings (SSSR count). The summed E-state index contributed by atoms with van der Waals surface area (Å²) >= 11 is 11.9. The fourth-order valence-corrected chi connectivity index (χ4v) is 2.34. The fourth-order valence-electron chi connectivity index (χ4n) is 1.76. The van der Waals surface area contributed by atoms with Crippen molar-refractivity contribution >= 4 is 34.8 Å². The first kappa shape index (κ1) is 11.6. The lowest BCUT2D eigenvalue weighted by Crippen LogP contribution is -2.24. The van der Waals surface area contributed by atoms with Gasteiger partial charge in [-0.3, -0.25) is 4.79 Å². The first-order valence-corrected chi connectivity index (χ1v) is 5.74. The Kier molecular flexibility index (Phi) is 3.00. The highest BCUT2D eigenvalue weighted by Crippen LogP contribution is 2.38. The topological polar surface area (TPSA) is 40.5 Å². The van der Waals surface area contributed by atoms with E-state index in [1.54, 1.807) is 19.1 Å². The van der Waals surface area contributed by atoms with Crippen molar-refractivity contribution in [1.29, 1.82) is 0 Å². The smallest absolute Gasteiger partial charge is 0.228 e. The Hall–Kier alpha value is -0.930. The molecule has 16 heavy (non-hydrogen) atoms. The van der Waals surface area contributed by atoms with Gasteiger partial charge in [0.2, 0.25) is 5.91 Å². The van der Waals surface area contributed by atoms with Crippen LogP contribution in [0.1, 0.15) is 12.0 Å². The summed E-state index contributed by atoms with van der Waals surface area (Å²) in [5, 5.41) is 9.72. The molecule has 0 spiro atoms. The van der Waals surface area contributed by atoms with Crippen LogP contribution in [0.2, 0.25) is 5.02 Å². The highest BCUT2D eigenvalue weighted by Gasteiger charge is 2.31. The summed E-state index contributed by atoms with van der Waals surface area (Å²) in [5.74, 6) is -0.0462. The molecule has 0 aromatic heterocycles. The van der Waals surface area contributed by atoms with Crippen LogP contribution in [0.3, 0.4) is 0 Å². The number of carbonyl (C=O) groups excluding carboxylic acids is 1. The number of rotatable bonds is 1. The molecular weight excluding hydrogens is 249 g/mol. The highest BCUT2D eigenvalue weighted by molar-refractivity contribution is 6.35. The van der Waals surface area contributed by atoms with E-state index in [4.69, 9.17) is 23.2 Å². The van der Waals surface area contributed by atoms with Gasteiger partial charge in [0.15, 0.2) is 0 Å². The van der Waals surface area contributed by atoms with Crippen molar-refractivity contribution in [2.45, 2.75) is 18.7 Å². The summed E-state index contributed by atoms with van der Waals surface area (Å²) in [4.78, 5) is 13.1. The molecule has 0 bridgehead atoms. The van der Waals surface area contributed by atoms with Gasteiger partial charge in [-0.15, -0.1) is 11.6 Å². The average molecular weight is 260 g/mol. The van der Waals surface area contributed by atoms with Gasteiger partial charge < -0.3 is 10.0 Å². The summed E-state index contributed by atoms with van der Waals surface area (Å²) in [6.07, 6.45) is 0.312. The van der Waals surface area contributed by atoms with E-state index in [0.717, 1.165) is 0 Å². The highest BCUT2D eigenvalue weighted by atomic mass is 35.5. The first-order chi connectivity index (χ1) is 7.50. The lowest BCUT2D eigenvalue weighted by molar-refractivity contribution is -0.117. The van der Waals surface area contributed by atoms with Crippen molar-refractivity contribution in [1.82, 2.24) is 0 Å². The molecule has 5 heteroatoms. The summed E-state index contributed by atoms with van der Waals surface area (Å²) in [6.45, 7) is 2.18. The molecule has 0 aliphatic carbocycles. The van der Waals surface area contributed by atoms with E-state index < -0.39 is 0 Å². The summed E-state index contributed by atoms with van der Waals surface area (Å²) < 4.78 is 0. The lowest BCUT2D eigenvalue weighted by atomic mass is 10.2. The lowest BCUT2D eigenvalue weighted by Gasteiger charge is -2.18. The normalized spacial score (nSPS) is 20.6. The van der Waals surface area contributed by atoms with Crippen LogP contribution in [0, 0.1) is 6.92 Å². The quantitative estimate of drug-likeness (QED) is 0.788. The van der Waals surface area contributed by atoms with E-state index in [-0.39, 0.29) is 22.1 Å². The van der Waals surface area contributed by atoms with Gasteiger partial charge in [0.25, 0.3) is 0 Å². The van der Waals surface area contributed by atoms with Crippen LogP contribution < -0.4 is 4.90 Å². The molecule has 3 nitrogen and oxygen atoms in total. The minimum absolute atomic E-state index is 0.0185. The van der Waals surface area contributed by atoms with Crippen LogP contribution in [0.4, 0.5) is 5.69 Å². The largest absolute Gasteiger partial charge is 0.506 e. The Morgan fingerprint density at radius 3 is 2.75 bits per heavy atom. The van der Waals surface area contributed by atoms with Crippen molar-refractivity contribution in [3.05, 3.63) is 22.7 Å². The molecule has 1 fully saturated rings. The van der Waals surface area contributed by atoms with Crippen LogP contribution >= 0.6 is 23.2 Å². The number of halogens is 2. The molecule has 1 unspecified atom stereocenters. The third-order valence-electron chi connectivity index (χ3n) is 2.67. The van der Waals surface area contributed by atoms with Gasteiger partial charge in [0.05, 0.1) is 11.1 Å². The number of phenolic OH excluding ortho intramolecular Hbond substituents is 1. The number of phenols is 1. The predicted molar refractivity (Wildman–Crippen MR) is 64.5 cm³/mol. The fraction of sp³-hybridized carbons (Fsp3) is 0.364. The standard InChI is InChI=1S/C11H11Cl2NO2/c1-6-2-3-8(10(13)11(6)16)14-5-7(12)4-9(14)15/h2-3,7,16H,4-5H2,1H3. The van der Waals surface area contributed by atoms with Gasteiger partial charge in [-0.05, 0) is 18.6 Å². The zero-order chi connectivity index (χ0) is 11.9. The Morgan fingerprint density at radius 2 is 2.19 bits per heavy atom. The van der Waals surface area contributed by atoms with E-state index in [1.807, 2.05) is 0 Å². The number of aryl methyl sites for hydroxylation is 1. The molecular formula is C11H11Cl2NO2. The van der Waals surface area contributed by atoms with Crippen molar-refractivity contribution in [3.63, 3.8) is 0 Å². The Morgan fingerprint density at radius 1 is 1.50 bits per heavy atom. The van der Waals surface area contributed by atoms with Gasteiger partial charge in [0.1, 0.15) is 10.8 Å². The molecule has 1 heterocycles. The average Bonchev–Trinajstić information content (AvgIpc) is 2.55. The number of aromatic hydroxyl groups is 1. The predicted octanol–water partition coefficient (Wildman–Crippen LogP) is 2.70. The monoisotopic (exact) mass is 259 g/mol. The molecule has 1 aromatic carbocycles. The van der Waals surface area contributed by atoms with E-state index in [0.29, 0.717) is 24.2 Å². The third kappa shape index (κ3) is 1.85. The molecule has 1 aliphatic rings. The zero-order valence-corrected chi connectivity index (χ0v) is 10.2. The number of amides is 1. The molecule has 1 atom stereocenters. The van der Waals surface area contributed by atoms with Crippen molar-refractivity contribution in [3.8, 4) is 5.75 Å². The number of nitrogens with zero attached hydrogens (tertiary/aromatic N) is 1. The van der Waals surface area contributed by atoms with Crippen LogP contribution in [-0.4, -0.2) is 22.9 Å². The first-order valence-electron chi connectivity index (χ1n) is 4.93. The van der Waals surface area contributed by atoms with Gasteiger partial charge in [-0.2, -0.15) is 0 Å². The molecule has 1 amide bonds. The molecule has 1 aliphatic heterocycles. The SMILES string of the molecule is Cc1ccc(N2CC(Cl)CC2=O)c(Cl)c1O. The third-order valence-corrected chi connectivity index (χ3v) is 3.33. The van der Waals surface area contributed by atoms with Crippen LogP contribution in [0.25, 0.3) is 0 Å². The Balaban J connectivity index is 2.42. The number of carbonyl (C=O) groups is 1. The Labute approximate surface area is 104 Å². The van der Waals surface area contributed by atoms with E-state index in [1.165, 1.54) is 4.90 Å². The molecule has 86 valence electrons. The minimum atomic E-state index is -0.188. The van der Waals surface area contributed by atoms with Gasteiger partial charge >= 0.3 is 0 Å². The maximum atomic E-state index is 11.6. The number of anilines is 1. The molecule has 0 saturated carbocycles. The van der Waals surface area contributed by atoms with E-state index >= 15 is 0 Å². The maximum Gasteiger partial charge on any atom is 0.228 e. The zero-order valence-electron chi connectivity index (χ0n) is 8.70. The molecule has 1 N–H and O–H groups in total. The number of hydrogen-bond donors (Lipinski definition) is 1. The second-order valence-corrected chi connectivity index (χ2v) is 4.87. The van der Waals surface area contributed by atoms with E-state index in [9.17, 15) is 9.90 Å². The maximum absolute atomic E-state index is 11.6. The van der Waals surface area contributed by atoms with Crippen molar-refractivity contribution in [2.75, 3.05) is 11.4 Å². The number of hydrogen-bond acceptors (Lipinski definition) is 2. The Bertz CT molecular complexity index is 448. The van der Waals surface area contributed by atoms with Crippen LogP contribution in [0.5, 0.6) is 5.75 Å². The molecule has 1 aromatic rings. The van der Waals surface area contributed by atoms with Crippen molar-refractivity contribution in [2.24, 2.45) is 0 Å². The van der Waals surface area contributed by atoms with Crippen LogP contribution in [-0.2, 0) is 4.79 Å². The van der Waals surface area contributed by atoms with E-state index in [2.05, 4.69) is 0 Å². The molecule has 1 saturated heterocycles. The number of benzene rings is 1. The van der Waals surface area contributed by atoms with Gasteiger partial charge in [0, 0.05) is 13.0 Å². The van der Waals surface area contributed by atoms with Gasteiger partial charge in [-0.25, -0.2) is 0 Å². The minimum Gasteiger partial charge on any atom is -0.506 e. The summed E-state index contributed by atoms with van der Waals surface area (Å²) in [7, 11) is 0. The van der Waals surface area contributed by atoms with Crippen molar-refractivity contribution < 1.29 is 9.90 Å². The second kappa shape index (κ2) is 4.15. The van der Waals surface area contributed by atoms with Crippen LogP contribution in [0.15, 0.2) is 12.1 Å². The second-order valence-electron chi connectivity index (χ2n) is 3.87. The van der Waals surface area contributed by atoms with Gasteiger partial charge in [-0.1, -0.05) is 17.7 Å². The summed E-state index contributed by atoms with van der Waals surface area (Å²) in [5.41, 5.74) is 1.21. The molecule has 0 radical (unpaired) electrons. The summed E-state index contributed by atoms with van der Waals surface area (Å²) in [6, 6.07) is 3.45. The number of alkyl halides is 1.